The second-order valence-electron chi connectivity index (χ2n) is 9.14. The number of hydrogen-bond acceptors (Lipinski definition) is 6. The third-order valence-corrected chi connectivity index (χ3v) is 7.18. The topological polar surface area (TPSA) is 97.0 Å². The lowest BCUT2D eigenvalue weighted by Gasteiger charge is -2.36. The number of hydrogen-bond donors (Lipinski definition) is 2. The fraction of sp³-hybridized carbons (Fsp3) is 0.267. The number of thiocarbonyl (C=S) groups is 1. The molecule has 4 rings (SSSR count). The highest BCUT2D eigenvalue weighted by Gasteiger charge is 2.34. The zero-order chi connectivity index (χ0) is 28.3. The lowest BCUT2D eigenvalue weighted by Crippen LogP contribution is -2.60. The minimum Gasteiger partial charge on any atom is -0.492 e. The Hall–Kier alpha value is -3.76. The van der Waals surface area contributed by atoms with Gasteiger partial charge in [-0.1, -0.05) is 76.6 Å². The van der Waals surface area contributed by atoms with Crippen LogP contribution in [0.2, 0.25) is 0 Å². The maximum Gasteiger partial charge on any atom is 0.308 e. The molecular weight excluding hydrogens is 594 g/mol. The number of rotatable bonds is 10. The molecule has 0 radical (unpaired) electrons. The fourth-order valence-corrected chi connectivity index (χ4v) is 4.94. The number of nitrogens with zero attached hydrogens (tertiary/aromatic N) is 1. The average Bonchev–Trinajstić information content (AvgIpc) is 2.96. The zero-order valence-corrected chi connectivity index (χ0v) is 24.2. The fourth-order valence-electron chi connectivity index (χ4n) is 4.27. The van der Waals surface area contributed by atoms with Gasteiger partial charge in [0.15, 0.2) is 5.11 Å². The molecule has 10 heteroatoms. The number of halogens is 1. The molecular formula is C30H30BrN3O5S. The number of carbonyl (C=O) groups excluding carboxylic acids is 3. The van der Waals surface area contributed by atoms with Gasteiger partial charge in [-0.05, 0) is 41.5 Å². The van der Waals surface area contributed by atoms with Crippen molar-refractivity contribution in [2.75, 3.05) is 26.3 Å². The molecule has 3 aromatic carbocycles. The van der Waals surface area contributed by atoms with Crippen LogP contribution in [0.25, 0.3) is 0 Å². The molecule has 1 aliphatic rings. The van der Waals surface area contributed by atoms with Crippen molar-refractivity contribution >= 4 is 51.0 Å². The van der Waals surface area contributed by atoms with Gasteiger partial charge in [0.1, 0.15) is 11.8 Å². The van der Waals surface area contributed by atoms with Crippen LogP contribution in [0.15, 0.2) is 83.3 Å². The Morgan fingerprint density at radius 3 is 2.30 bits per heavy atom. The van der Waals surface area contributed by atoms with Crippen LogP contribution in [0.5, 0.6) is 5.75 Å². The van der Waals surface area contributed by atoms with Gasteiger partial charge < -0.3 is 19.7 Å². The smallest absolute Gasteiger partial charge is 0.308 e. The van der Waals surface area contributed by atoms with Crippen LogP contribution >= 0.6 is 28.1 Å². The lowest BCUT2D eigenvalue weighted by molar-refractivity contribution is -0.147. The summed E-state index contributed by atoms with van der Waals surface area (Å²) in [5, 5.41) is 5.52. The van der Waals surface area contributed by atoms with Crippen LogP contribution in [0.1, 0.15) is 27.9 Å². The first-order chi connectivity index (χ1) is 19.4. The molecule has 1 unspecified atom stereocenters. The summed E-state index contributed by atoms with van der Waals surface area (Å²) in [6, 6.07) is 23.9. The van der Waals surface area contributed by atoms with E-state index in [0.717, 1.165) is 11.1 Å². The van der Waals surface area contributed by atoms with Gasteiger partial charge in [0.05, 0.1) is 25.2 Å². The Kier molecular flexibility index (Phi) is 10.7. The minimum absolute atomic E-state index is 0.0529. The number of amides is 2. The molecule has 208 valence electrons. The van der Waals surface area contributed by atoms with Crippen LogP contribution in [0.3, 0.4) is 0 Å². The highest BCUT2D eigenvalue weighted by Crippen LogP contribution is 2.24. The summed E-state index contributed by atoms with van der Waals surface area (Å²) in [7, 11) is 0. The van der Waals surface area contributed by atoms with Crippen LogP contribution in [-0.4, -0.2) is 60.1 Å². The van der Waals surface area contributed by atoms with Crippen molar-refractivity contribution in [3.8, 4) is 5.75 Å². The van der Waals surface area contributed by atoms with Crippen molar-refractivity contribution in [1.29, 1.82) is 0 Å². The SMILES string of the molecule is O=C(CC1C(=O)NCCN1C(=S)NC(=O)c1cc(Br)ccc1OCCc1ccccc1)OCCc1ccccc1. The molecule has 0 aromatic heterocycles. The Morgan fingerprint density at radius 1 is 0.975 bits per heavy atom. The van der Waals surface area contributed by atoms with E-state index in [9.17, 15) is 14.4 Å². The molecule has 3 aromatic rings. The monoisotopic (exact) mass is 623 g/mol. The molecule has 0 saturated carbocycles. The second-order valence-corrected chi connectivity index (χ2v) is 10.4. The van der Waals surface area contributed by atoms with Crippen LogP contribution in [0.4, 0.5) is 0 Å². The normalized spacial score (nSPS) is 14.7. The Labute approximate surface area is 247 Å². The maximum atomic E-state index is 13.3. The number of benzene rings is 3. The molecule has 2 amide bonds. The average molecular weight is 625 g/mol. The lowest BCUT2D eigenvalue weighted by atomic mass is 10.1. The largest absolute Gasteiger partial charge is 0.492 e. The van der Waals surface area contributed by atoms with Gasteiger partial charge in [0.2, 0.25) is 5.91 Å². The molecule has 1 heterocycles. The third kappa shape index (κ3) is 8.37. The summed E-state index contributed by atoms with van der Waals surface area (Å²) >= 11 is 8.93. The van der Waals surface area contributed by atoms with Crippen molar-refractivity contribution in [3.63, 3.8) is 0 Å². The molecule has 1 atom stereocenters. The van der Waals surface area contributed by atoms with Gasteiger partial charge in [-0.25, -0.2) is 0 Å². The standard InChI is InChI=1S/C30H30BrN3O5S/c31-23-11-12-26(38-17-13-21-7-3-1-4-8-21)24(19-23)28(36)33-30(40)34-16-15-32-29(37)25(34)20-27(35)39-18-14-22-9-5-2-6-10-22/h1-12,19,25H,13-18,20H2,(H,32,37)(H,33,36,40). The summed E-state index contributed by atoms with van der Waals surface area (Å²) in [6.07, 6.45) is 1.06. The Morgan fingerprint density at radius 2 is 1.62 bits per heavy atom. The number of nitrogens with one attached hydrogen (secondary N) is 2. The van der Waals surface area contributed by atoms with Crippen molar-refractivity contribution < 1.29 is 23.9 Å². The summed E-state index contributed by atoms with van der Waals surface area (Å²) in [5.74, 6) is -0.931. The van der Waals surface area contributed by atoms with E-state index in [0.29, 0.717) is 48.3 Å². The molecule has 0 aliphatic carbocycles. The third-order valence-electron chi connectivity index (χ3n) is 6.35. The quantitative estimate of drug-likeness (QED) is 0.260. The zero-order valence-electron chi connectivity index (χ0n) is 21.8. The van der Waals surface area contributed by atoms with Crippen molar-refractivity contribution in [1.82, 2.24) is 15.5 Å². The van der Waals surface area contributed by atoms with Gasteiger partial charge in [-0.3, -0.25) is 19.7 Å². The van der Waals surface area contributed by atoms with Crippen LogP contribution < -0.4 is 15.4 Å². The van der Waals surface area contributed by atoms with Gasteiger partial charge >= 0.3 is 5.97 Å². The first kappa shape index (κ1) is 29.2. The van der Waals surface area contributed by atoms with E-state index < -0.39 is 17.9 Å². The summed E-state index contributed by atoms with van der Waals surface area (Å²) in [4.78, 5) is 40.1. The van der Waals surface area contributed by atoms with E-state index in [1.54, 1.807) is 23.1 Å². The van der Waals surface area contributed by atoms with Crippen LogP contribution in [0, 0.1) is 0 Å². The number of esters is 1. The van der Waals surface area contributed by atoms with Crippen molar-refractivity contribution in [3.05, 3.63) is 100 Å². The molecule has 1 saturated heterocycles. The molecule has 40 heavy (non-hydrogen) atoms. The van der Waals surface area contributed by atoms with Gasteiger partial charge in [0, 0.05) is 30.4 Å². The molecule has 1 fully saturated rings. The predicted octanol–water partition coefficient (Wildman–Crippen LogP) is 4.06. The molecule has 8 nitrogen and oxygen atoms in total. The summed E-state index contributed by atoms with van der Waals surface area (Å²) < 4.78 is 12.0. The van der Waals surface area contributed by atoms with Gasteiger partial charge in [-0.2, -0.15) is 0 Å². The van der Waals surface area contributed by atoms with Crippen molar-refractivity contribution in [2.24, 2.45) is 0 Å². The Bertz CT molecular complexity index is 1340. The number of carbonyl (C=O) groups is 3. The highest BCUT2D eigenvalue weighted by atomic mass is 79.9. The van der Waals surface area contributed by atoms with E-state index in [1.165, 1.54) is 0 Å². The number of piperazine rings is 1. The first-order valence-corrected chi connectivity index (χ1v) is 14.2. The molecule has 0 spiro atoms. The second kappa shape index (κ2) is 14.6. The number of ether oxygens (including phenoxy) is 2. The van der Waals surface area contributed by atoms with E-state index >= 15 is 0 Å². The molecule has 1 aliphatic heterocycles. The highest BCUT2D eigenvalue weighted by molar-refractivity contribution is 9.10. The molecule has 2 N–H and O–H groups in total. The van der Waals surface area contributed by atoms with Gasteiger partial charge in [0.25, 0.3) is 5.91 Å². The predicted molar refractivity (Wildman–Crippen MR) is 159 cm³/mol. The van der Waals surface area contributed by atoms with Crippen molar-refractivity contribution in [2.45, 2.75) is 25.3 Å². The summed E-state index contributed by atoms with van der Waals surface area (Å²) in [5.41, 5.74) is 2.47. The first-order valence-electron chi connectivity index (χ1n) is 13.0. The maximum absolute atomic E-state index is 13.3. The molecule has 0 bridgehead atoms. The Balaban J connectivity index is 1.35. The van der Waals surface area contributed by atoms with E-state index in [-0.39, 0.29) is 24.0 Å². The van der Waals surface area contributed by atoms with Gasteiger partial charge in [-0.15, -0.1) is 0 Å². The summed E-state index contributed by atoms with van der Waals surface area (Å²) in [6.45, 7) is 1.26. The van der Waals surface area contributed by atoms with E-state index in [1.807, 2.05) is 60.7 Å². The minimum atomic E-state index is -0.894. The van der Waals surface area contributed by atoms with Crippen LogP contribution in [-0.2, 0) is 27.2 Å². The van der Waals surface area contributed by atoms with E-state index in [2.05, 4.69) is 26.6 Å². The van der Waals surface area contributed by atoms with E-state index in [4.69, 9.17) is 21.7 Å².